The molecule has 0 aliphatic heterocycles. The number of hydrogen-bond donors (Lipinski definition) is 2. The molecule has 7 nitrogen and oxygen atoms in total. The molecule has 3 aliphatic carbocycles. The summed E-state index contributed by atoms with van der Waals surface area (Å²) in [6, 6.07) is 6.85. The van der Waals surface area contributed by atoms with Crippen LogP contribution in [0.1, 0.15) is 96.6 Å². The maximum atomic E-state index is 12.7. The van der Waals surface area contributed by atoms with Crippen molar-refractivity contribution in [2.75, 3.05) is 5.32 Å². The third-order valence-corrected chi connectivity index (χ3v) is 8.41. The van der Waals surface area contributed by atoms with Gasteiger partial charge in [-0.3, -0.25) is 9.59 Å². The maximum absolute atomic E-state index is 12.7. The largest absolute Gasteiger partial charge is 0.367 e. The van der Waals surface area contributed by atoms with E-state index in [1.807, 2.05) is 20.0 Å². The minimum absolute atomic E-state index is 0.00695. The molecule has 1 aromatic carbocycles. The number of Topliss-reactive ketones (excluding diaryl/α,β-unsaturated/α-hetero) is 2. The van der Waals surface area contributed by atoms with Gasteiger partial charge in [-0.15, -0.1) is 0 Å². The highest BCUT2D eigenvalue weighted by atomic mass is 16.1. The Kier molecular flexibility index (Phi) is 6.24. The Hall–Kier alpha value is -3.74. The molecule has 7 heteroatoms. The van der Waals surface area contributed by atoms with Gasteiger partial charge in [-0.25, -0.2) is 9.97 Å². The van der Waals surface area contributed by atoms with E-state index >= 15 is 0 Å². The second-order valence-electron chi connectivity index (χ2n) is 13.6. The molecule has 1 fully saturated rings. The molecule has 0 saturated heterocycles. The van der Waals surface area contributed by atoms with E-state index in [9.17, 15) is 9.59 Å². The Balaban J connectivity index is 0.000000187. The minimum Gasteiger partial charge on any atom is -0.367 e. The van der Waals surface area contributed by atoms with Crippen LogP contribution in [0, 0.1) is 24.7 Å². The normalized spacial score (nSPS) is 19.1. The zero-order valence-corrected chi connectivity index (χ0v) is 24.4. The van der Waals surface area contributed by atoms with Gasteiger partial charge in [-0.05, 0) is 79.7 Å². The fourth-order valence-corrected chi connectivity index (χ4v) is 6.41. The number of aromatic amines is 1. The number of benzene rings is 1. The molecule has 0 bridgehead atoms. The Morgan fingerprint density at radius 3 is 2.33 bits per heavy atom. The van der Waals surface area contributed by atoms with E-state index in [0.29, 0.717) is 24.7 Å². The number of carbonyl (C=O) groups is 2. The number of H-pyrrole nitrogens is 1. The van der Waals surface area contributed by atoms with Crippen molar-refractivity contribution in [3.05, 3.63) is 70.6 Å². The van der Waals surface area contributed by atoms with Gasteiger partial charge in [-0.2, -0.15) is 0 Å². The Labute approximate surface area is 235 Å². The lowest BCUT2D eigenvalue weighted by molar-refractivity contribution is 0.0901. The summed E-state index contributed by atoms with van der Waals surface area (Å²) in [6.07, 6.45) is 11.3. The number of anilines is 1. The van der Waals surface area contributed by atoms with Crippen LogP contribution in [0.3, 0.4) is 0 Å². The number of nitrogens with one attached hydrogen (secondary N) is 2. The van der Waals surface area contributed by atoms with Crippen molar-refractivity contribution in [3.63, 3.8) is 0 Å². The zero-order chi connectivity index (χ0) is 28.4. The van der Waals surface area contributed by atoms with E-state index in [-0.39, 0.29) is 16.6 Å². The third kappa shape index (κ3) is 4.98. The van der Waals surface area contributed by atoms with Crippen LogP contribution in [0.15, 0.2) is 36.9 Å². The van der Waals surface area contributed by atoms with Crippen molar-refractivity contribution in [1.29, 1.82) is 0 Å². The molecule has 0 spiro atoms. The van der Waals surface area contributed by atoms with Crippen LogP contribution in [0.25, 0.3) is 16.6 Å². The first kappa shape index (κ1) is 26.5. The lowest BCUT2D eigenvalue weighted by Gasteiger charge is -2.30. The molecule has 0 amide bonds. The quantitative estimate of drug-likeness (QED) is 0.295. The van der Waals surface area contributed by atoms with Crippen molar-refractivity contribution >= 4 is 28.3 Å². The van der Waals surface area contributed by atoms with Gasteiger partial charge < -0.3 is 14.9 Å². The second kappa shape index (κ2) is 9.43. The number of rotatable bonds is 3. The molecule has 1 saturated carbocycles. The summed E-state index contributed by atoms with van der Waals surface area (Å²) in [5.41, 5.74) is 8.35. The van der Waals surface area contributed by atoms with Crippen LogP contribution >= 0.6 is 0 Å². The Bertz CT molecular complexity index is 1650. The summed E-state index contributed by atoms with van der Waals surface area (Å²) < 4.78 is 2.18. The molecule has 3 aromatic heterocycles. The van der Waals surface area contributed by atoms with Crippen LogP contribution in [-0.4, -0.2) is 37.1 Å². The van der Waals surface area contributed by atoms with Gasteiger partial charge in [0.15, 0.2) is 11.6 Å². The fourth-order valence-electron chi connectivity index (χ4n) is 6.41. The third-order valence-electron chi connectivity index (χ3n) is 8.41. The van der Waals surface area contributed by atoms with Gasteiger partial charge in [0, 0.05) is 64.9 Å². The first-order valence-electron chi connectivity index (χ1n) is 14.4. The predicted octanol–water partition coefficient (Wildman–Crippen LogP) is 6.94. The molecule has 40 heavy (non-hydrogen) atoms. The minimum atomic E-state index is -0.00695. The van der Waals surface area contributed by atoms with Gasteiger partial charge in [0.25, 0.3) is 0 Å². The molecule has 0 atom stereocenters. The Morgan fingerprint density at radius 1 is 0.900 bits per heavy atom. The lowest BCUT2D eigenvalue weighted by atomic mass is 9.75. The van der Waals surface area contributed by atoms with E-state index in [1.54, 1.807) is 6.33 Å². The number of carbonyl (C=O) groups excluding carboxylic acids is 2. The van der Waals surface area contributed by atoms with Crippen LogP contribution in [0.4, 0.5) is 5.82 Å². The summed E-state index contributed by atoms with van der Waals surface area (Å²) >= 11 is 0. The molecule has 7 rings (SSSR count). The number of nitrogens with zero attached hydrogens (tertiary/aromatic N) is 3. The SMILES string of the molecule is Cc1c[nH]c2c1C(=O)CC(C)(C)C2.Cc1cn(-c2ccc3c(NC4CC4)ncnc3c2)c2c1C(=O)CC(C)(C)C2. The van der Waals surface area contributed by atoms with Crippen LogP contribution in [-0.2, 0) is 12.8 Å². The van der Waals surface area contributed by atoms with E-state index in [2.05, 4.69) is 76.9 Å². The first-order chi connectivity index (χ1) is 18.9. The highest BCUT2D eigenvalue weighted by Gasteiger charge is 2.35. The zero-order valence-electron chi connectivity index (χ0n) is 24.4. The molecule has 3 aliphatic rings. The molecular weight excluding hydrogens is 498 g/mol. The summed E-state index contributed by atoms with van der Waals surface area (Å²) in [4.78, 5) is 36.6. The van der Waals surface area contributed by atoms with Crippen molar-refractivity contribution in [2.45, 2.75) is 86.1 Å². The standard InChI is InChI=1S/C22H24N4O.C11H15NO/c1-13-11-26(18-9-22(2,3)10-19(27)20(13)18)15-6-7-16-17(8-15)23-12-24-21(16)25-14-4-5-14;1-7-6-12-8-4-11(2,3)5-9(13)10(7)8/h6-8,11-12,14H,4-5,9-10H2,1-3H3,(H,23,24,25);6,12H,4-5H2,1-3H3. The van der Waals surface area contributed by atoms with E-state index in [1.165, 1.54) is 12.8 Å². The van der Waals surface area contributed by atoms with Crippen molar-refractivity contribution in [2.24, 2.45) is 10.8 Å². The number of aromatic nitrogens is 4. The number of hydrogen-bond acceptors (Lipinski definition) is 5. The number of aryl methyl sites for hydroxylation is 2. The van der Waals surface area contributed by atoms with Gasteiger partial charge in [0.05, 0.1) is 5.52 Å². The fraction of sp³-hybridized carbons (Fsp3) is 0.455. The van der Waals surface area contributed by atoms with Crippen molar-refractivity contribution < 1.29 is 9.59 Å². The number of fused-ring (bicyclic) bond motifs is 3. The summed E-state index contributed by atoms with van der Waals surface area (Å²) in [7, 11) is 0. The molecular formula is C33H39N5O2. The average molecular weight is 538 g/mol. The van der Waals surface area contributed by atoms with Crippen molar-refractivity contribution in [1.82, 2.24) is 19.5 Å². The second-order valence-corrected chi connectivity index (χ2v) is 13.6. The monoisotopic (exact) mass is 537 g/mol. The molecule has 4 aromatic rings. The van der Waals surface area contributed by atoms with E-state index in [0.717, 1.165) is 68.9 Å². The molecule has 208 valence electrons. The van der Waals surface area contributed by atoms with Gasteiger partial charge in [0.2, 0.25) is 0 Å². The van der Waals surface area contributed by atoms with E-state index in [4.69, 9.17) is 0 Å². The van der Waals surface area contributed by atoms with Crippen LogP contribution in [0.5, 0.6) is 0 Å². The average Bonchev–Trinajstić information content (AvgIpc) is 3.51. The van der Waals surface area contributed by atoms with Crippen LogP contribution in [0.2, 0.25) is 0 Å². The molecule has 3 heterocycles. The summed E-state index contributed by atoms with van der Waals surface area (Å²) in [5.74, 6) is 1.47. The summed E-state index contributed by atoms with van der Waals surface area (Å²) in [6.45, 7) is 12.7. The van der Waals surface area contributed by atoms with Gasteiger partial charge in [-0.1, -0.05) is 27.7 Å². The van der Waals surface area contributed by atoms with Gasteiger partial charge in [0.1, 0.15) is 12.1 Å². The Morgan fingerprint density at radius 2 is 1.60 bits per heavy atom. The molecule has 2 N–H and O–H groups in total. The topological polar surface area (TPSA) is 92.7 Å². The highest BCUT2D eigenvalue weighted by Crippen LogP contribution is 2.39. The molecule has 0 unspecified atom stereocenters. The van der Waals surface area contributed by atoms with E-state index < -0.39 is 0 Å². The smallest absolute Gasteiger partial charge is 0.165 e. The maximum Gasteiger partial charge on any atom is 0.165 e. The molecule has 0 radical (unpaired) electrons. The van der Waals surface area contributed by atoms with Crippen LogP contribution < -0.4 is 5.32 Å². The van der Waals surface area contributed by atoms with Gasteiger partial charge >= 0.3 is 0 Å². The highest BCUT2D eigenvalue weighted by molar-refractivity contribution is 6.01. The lowest BCUT2D eigenvalue weighted by Crippen LogP contribution is -2.28. The van der Waals surface area contributed by atoms with Crippen molar-refractivity contribution in [3.8, 4) is 5.69 Å². The summed E-state index contributed by atoms with van der Waals surface area (Å²) in [5, 5.41) is 4.53. The first-order valence-corrected chi connectivity index (χ1v) is 14.4. The number of ketones is 2. The predicted molar refractivity (Wildman–Crippen MR) is 159 cm³/mol.